The number of rotatable bonds is 3. The van der Waals surface area contributed by atoms with E-state index in [0.29, 0.717) is 24.0 Å². The van der Waals surface area contributed by atoms with E-state index < -0.39 is 0 Å². The Kier molecular flexibility index (Phi) is 2.51. The number of hydrogen-bond donors (Lipinski definition) is 1. The van der Waals surface area contributed by atoms with E-state index in [0.717, 1.165) is 31.1 Å². The van der Waals surface area contributed by atoms with Crippen molar-refractivity contribution in [3.8, 4) is 0 Å². The second-order valence-electron chi connectivity index (χ2n) is 6.77. The summed E-state index contributed by atoms with van der Waals surface area (Å²) >= 11 is 0. The van der Waals surface area contributed by atoms with Gasteiger partial charge in [0, 0.05) is 24.5 Å². The standard InChI is InChI=1S/C14H23NO2/c1-14(2)11(7-12(14)17-3)15-13(16)10-5-8-4-9(8)6-10/h8-12H,4-7H2,1-3H3,(H,15,16). The first kappa shape index (κ1) is 11.5. The molecule has 3 saturated carbocycles. The maximum atomic E-state index is 12.1. The molecule has 0 saturated heterocycles. The van der Waals surface area contributed by atoms with Gasteiger partial charge in [0.25, 0.3) is 0 Å². The van der Waals surface area contributed by atoms with Crippen LogP contribution in [0.5, 0.6) is 0 Å². The van der Waals surface area contributed by atoms with Crippen LogP contribution in [0.3, 0.4) is 0 Å². The molecule has 3 nitrogen and oxygen atoms in total. The fourth-order valence-corrected chi connectivity index (χ4v) is 3.75. The molecule has 1 amide bonds. The van der Waals surface area contributed by atoms with Crippen molar-refractivity contribution in [2.45, 2.75) is 51.7 Å². The molecule has 96 valence electrons. The lowest BCUT2D eigenvalue weighted by atomic mass is 9.64. The van der Waals surface area contributed by atoms with Crippen LogP contribution in [0.4, 0.5) is 0 Å². The zero-order valence-corrected chi connectivity index (χ0v) is 11.0. The van der Waals surface area contributed by atoms with E-state index in [9.17, 15) is 4.79 Å². The molecule has 0 aromatic rings. The molecule has 4 atom stereocenters. The third kappa shape index (κ3) is 1.79. The summed E-state index contributed by atoms with van der Waals surface area (Å²) in [6, 6.07) is 0.303. The molecule has 0 aliphatic heterocycles. The van der Waals surface area contributed by atoms with Crippen LogP contribution in [0, 0.1) is 23.2 Å². The van der Waals surface area contributed by atoms with Crippen LogP contribution in [-0.4, -0.2) is 25.2 Å². The largest absolute Gasteiger partial charge is 0.381 e. The number of carbonyl (C=O) groups is 1. The van der Waals surface area contributed by atoms with Gasteiger partial charge in [-0.15, -0.1) is 0 Å². The predicted octanol–water partition coefficient (Wildman–Crippen LogP) is 1.96. The molecule has 1 N–H and O–H groups in total. The van der Waals surface area contributed by atoms with E-state index in [-0.39, 0.29) is 5.41 Å². The third-order valence-corrected chi connectivity index (χ3v) is 5.39. The van der Waals surface area contributed by atoms with Crippen molar-refractivity contribution in [3.05, 3.63) is 0 Å². The number of ether oxygens (including phenoxy) is 1. The third-order valence-electron chi connectivity index (χ3n) is 5.39. The molecule has 0 spiro atoms. The van der Waals surface area contributed by atoms with Crippen molar-refractivity contribution in [2.75, 3.05) is 7.11 Å². The lowest BCUT2D eigenvalue weighted by Crippen LogP contribution is -2.62. The molecule has 3 aliphatic carbocycles. The van der Waals surface area contributed by atoms with Gasteiger partial charge in [-0.05, 0) is 37.5 Å². The maximum absolute atomic E-state index is 12.1. The summed E-state index contributed by atoms with van der Waals surface area (Å²) in [4.78, 5) is 12.1. The average molecular weight is 237 g/mol. The molecular formula is C14H23NO2. The van der Waals surface area contributed by atoms with Gasteiger partial charge in [-0.2, -0.15) is 0 Å². The topological polar surface area (TPSA) is 38.3 Å². The summed E-state index contributed by atoms with van der Waals surface area (Å²) in [6.45, 7) is 4.36. The minimum absolute atomic E-state index is 0.0892. The van der Waals surface area contributed by atoms with Crippen molar-refractivity contribution in [2.24, 2.45) is 23.2 Å². The molecule has 0 aromatic carbocycles. The summed E-state index contributed by atoms with van der Waals surface area (Å²) in [6.07, 6.45) is 4.92. The lowest BCUT2D eigenvalue weighted by Gasteiger charge is -2.51. The smallest absolute Gasteiger partial charge is 0.223 e. The Labute approximate surface area is 103 Å². The van der Waals surface area contributed by atoms with Crippen molar-refractivity contribution in [1.29, 1.82) is 0 Å². The van der Waals surface area contributed by atoms with Crippen LogP contribution in [0.1, 0.15) is 39.5 Å². The van der Waals surface area contributed by atoms with Gasteiger partial charge in [0.05, 0.1) is 6.10 Å². The predicted molar refractivity (Wildman–Crippen MR) is 65.4 cm³/mol. The van der Waals surface area contributed by atoms with Crippen molar-refractivity contribution in [1.82, 2.24) is 5.32 Å². The Morgan fingerprint density at radius 2 is 1.82 bits per heavy atom. The van der Waals surface area contributed by atoms with E-state index in [1.165, 1.54) is 6.42 Å². The summed E-state index contributed by atoms with van der Waals surface area (Å²) < 4.78 is 5.41. The second-order valence-corrected chi connectivity index (χ2v) is 6.77. The Balaban J connectivity index is 1.52. The van der Waals surface area contributed by atoms with E-state index in [1.54, 1.807) is 7.11 Å². The van der Waals surface area contributed by atoms with E-state index >= 15 is 0 Å². The highest BCUT2D eigenvalue weighted by molar-refractivity contribution is 5.79. The molecule has 17 heavy (non-hydrogen) atoms. The molecule has 0 heterocycles. The number of hydrogen-bond acceptors (Lipinski definition) is 2. The van der Waals surface area contributed by atoms with Gasteiger partial charge in [0.15, 0.2) is 0 Å². The quantitative estimate of drug-likeness (QED) is 0.815. The van der Waals surface area contributed by atoms with Gasteiger partial charge >= 0.3 is 0 Å². The summed E-state index contributed by atoms with van der Waals surface area (Å²) in [5.74, 6) is 2.36. The van der Waals surface area contributed by atoms with Crippen LogP contribution in [0.25, 0.3) is 0 Å². The minimum Gasteiger partial charge on any atom is -0.381 e. The fourth-order valence-electron chi connectivity index (χ4n) is 3.75. The zero-order valence-electron chi connectivity index (χ0n) is 11.0. The summed E-state index contributed by atoms with van der Waals surface area (Å²) in [7, 11) is 1.76. The first-order chi connectivity index (χ1) is 8.02. The molecule has 0 bridgehead atoms. The lowest BCUT2D eigenvalue weighted by molar-refractivity contribution is -0.136. The first-order valence-electron chi connectivity index (χ1n) is 6.85. The van der Waals surface area contributed by atoms with Gasteiger partial charge < -0.3 is 10.1 Å². The molecule has 4 unspecified atom stereocenters. The Bertz CT molecular complexity index is 329. The van der Waals surface area contributed by atoms with Crippen LogP contribution < -0.4 is 5.32 Å². The number of fused-ring (bicyclic) bond motifs is 1. The Morgan fingerprint density at radius 1 is 1.18 bits per heavy atom. The minimum atomic E-state index is 0.0892. The van der Waals surface area contributed by atoms with Crippen LogP contribution in [-0.2, 0) is 9.53 Å². The van der Waals surface area contributed by atoms with Gasteiger partial charge in [0.1, 0.15) is 0 Å². The van der Waals surface area contributed by atoms with Crippen molar-refractivity contribution >= 4 is 5.91 Å². The van der Waals surface area contributed by atoms with Crippen LogP contribution >= 0.6 is 0 Å². The highest BCUT2D eigenvalue weighted by Crippen LogP contribution is 2.54. The zero-order chi connectivity index (χ0) is 12.2. The summed E-state index contributed by atoms with van der Waals surface area (Å²) in [5, 5.41) is 3.24. The molecule has 0 radical (unpaired) electrons. The molecule has 3 fully saturated rings. The molecule has 3 aliphatic rings. The average Bonchev–Trinajstić information content (AvgIpc) is 2.90. The monoisotopic (exact) mass is 237 g/mol. The van der Waals surface area contributed by atoms with E-state index in [1.807, 2.05) is 0 Å². The number of methoxy groups -OCH3 is 1. The highest BCUT2D eigenvalue weighted by Gasteiger charge is 2.52. The highest BCUT2D eigenvalue weighted by atomic mass is 16.5. The molecule has 3 rings (SSSR count). The van der Waals surface area contributed by atoms with Crippen molar-refractivity contribution in [3.63, 3.8) is 0 Å². The number of amides is 1. The van der Waals surface area contributed by atoms with E-state index in [2.05, 4.69) is 19.2 Å². The summed E-state index contributed by atoms with van der Waals surface area (Å²) in [5.41, 5.74) is 0.0892. The van der Waals surface area contributed by atoms with Gasteiger partial charge in [-0.25, -0.2) is 0 Å². The molecule has 0 aromatic heterocycles. The van der Waals surface area contributed by atoms with Crippen LogP contribution in [0.15, 0.2) is 0 Å². The Hall–Kier alpha value is -0.570. The number of nitrogens with one attached hydrogen (secondary N) is 1. The van der Waals surface area contributed by atoms with Crippen LogP contribution in [0.2, 0.25) is 0 Å². The van der Waals surface area contributed by atoms with Gasteiger partial charge in [-0.1, -0.05) is 13.8 Å². The second kappa shape index (κ2) is 3.71. The fraction of sp³-hybridized carbons (Fsp3) is 0.929. The maximum Gasteiger partial charge on any atom is 0.223 e. The Morgan fingerprint density at radius 3 is 2.35 bits per heavy atom. The first-order valence-corrected chi connectivity index (χ1v) is 6.85. The van der Waals surface area contributed by atoms with E-state index in [4.69, 9.17) is 4.74 Å². The molecule has 3 heteroatoms. The van der Waals surface area contributed by atoms with Gasteiger partial charge in [0.2, 0.25) is 5.91 Å². The van der Waals surface area contributed by atoms with Gasteiger partial charge in [-0.3, -0.25) is 4.79 Å². The normalized spacial score (nSPS) is 45.9. The van der Waals surface area contributed by atoms with Crippen molar-refractivity contribution < 1.29 is 9.53 Å². The molecular weight excluding hydrogens is 214 g/mol. The SMILES string of the molecule is COC1CC(NC(=O)C2CC3CC3C2)C1(C)C. The number of carbonyl (C=O) groups excluding carboxylic acids is 1.